The van der Waals surface area contributed by atoms with Crippen LogP contribution in [0.5, 0.6) is 0 Å². The number of halogens is 1. The topological polar surface area (TPSA) is 47.3 Å². The van der Waals surface area contributed by atoms with Crippen LogP contribution in [0, 0.1) is 29.0 Å². The zero-order chi connectivity index (χ0) is 12.7. The van der Waals surface area contributed by atoms with Gasteiger partial charge in [0.15, 0.2) is 0 Å². The number of hydrogen-bond donors (Lipinski definition) is 1. The van der Waals surface area contributed by atoms with Crippen LogP contribution >= 0.6 is 0 Å². The van der Waals surface area contributed by atoms with Crippen molar-refractivity contribution in [3.63, 3.8) is 0 Å². The molecule has 1 saturated heterocycles. The number of hydrogen-bond acceptors (Lipinski definition) is 3. The summed E-state index contributed by atoms with van der Waals surface area (Å²) in [6, 6.07) is 6.52. The Hall–Kier alpha value is -1.60. The highest BCUT2D eigenvalue weighted by Gasteiger charge is 2.42. The van der Waals surface area contributed by atoms with Gasteiger partial charge in [-0.1, -0.05) is 0 Å². The molecule has 18 heavy (non-hydrogen) atoms. The first-order valence-electron chi connectivity index (χ1n) is 6.31. The number of aliphatic hydroxyl groups excluding tert-OH is 1. The van der Waals surface area contributed by atoms with Crippen molar-refractivity contribution in [1.82, 2.24) is 0 Å². The Morgan fingerprint density at radius 3 is 2.83 bits per heavy atom. The Morgan fingerprint density at radius 2 is 2.17 bits per heavy atom. The second kappa shape index (κ2) is 4.25. The minimum atomic E-state index is -0.344. The lowest BCUT2D eigenvalue weighted by molar-refractivity contribution is 0.133. The minimum Gasteiger partial charge on any atom is -0.393 e. The van der Waals surface area contributed by atoms with E-state index in [1.807, 2.05) is 11.0 Å². The second-order valence-corrected chi connectivity index (χ2v) is 5.25. The Balaban J connectivity index is 1.83. The molecule has 1 aliphatic heterocycles. The number of benzene rings is 1. The van der Waals surface area contributed by atoms with Crippen LogP contribution < -0.4 is 4.90 Å². The second-order valence-electron chi connectivity index (χ2n) is 5.25. The van der Waals surface area contributed by atoms with Gasteiger partial charge in [-0.05, 0) is 37.0 Å². The van der Waals surface area contributed by atoms with Crippen molar-refractivity contribution in [3.05, 3.63) is 29.6 Å². The van der Waals surface area contributed by atoms with Gasteiger partial charge in [-0.25, -0.2) is 4.39 Å². The van der Waals surface area contributed by atoms with Crippen molar-refractivity contribution in [3.8, 4) is 6.07 Å². The molecule has 3 rings (SSSR count). The predicted octanol–water partition coefficient (Wildman–Crippen LogP) is 1.90. The molecule has 0 radical (unpaired) electrons. The van der Waals surface area contributed by atoms with Gasteiger partial charge in [0, 0.05) is 19.0 Å². The third-order valence-electron chi connectivity index (χ3n) is 4.24. The van der Waals surface area contributed by atoms with Crippen LogP contribution in [0.3, 0.4) is 0 Å². The van der Waals surface area contributed by atoms with Crippen molar-refractivity contribution in [2.45, 2.75) is 18.9 Å². The number of anilines is 1. The van der Waals surface area contributed by atoms with Crippen LogP contribution in [0.2, 0.25) is 0 Å². The monoisotopic (exact) mass is 246 g/mol. The molecule has 2 aliphatic rings. The Morgan fingerprint density at radius 1 is 1.33 bits per heavy atom. The standard InChI is InChI=1S/C14H15FN2O/c15-12-5-9(6-16)1-3-13(12)17-7-10-2-4-14(18)11(10)8-17/h1,3,5,10-11,14,18H,2,4,7-8H2. The first kappa shape index (κ1) is 11.5. The van der Waals surface area contributed by atoms with Crippen LogP contribution in [0.15, 0.2) is 18.2 Å². The lowest BCUT2D eigenvalue weighted by Gasteiger charge is -2.21. The Labute approximate surface area is 105 Å². The van der Waals surface area contributed by atoms with E-state index in [1.54, 1.807) is 12.1 Å². The van der Waals surface area contributed by atoms with E-state index in [-0.39, 0.29) is 17.8 Å². The van der Waals surface area contributed by atoms with Crippen molar-refractivity contribution in [2.24, 2.45) is 11.8 Å². The smallest absolute Gasteiger partial charge is 0.147 e. The van der Waals surface area contributed by atoms with E-state index >= 15 is 0 Å². The quantitative estimate of drug-likeness (QED) is 0.823. The van der Waals surface area contributed by atoms with E-state index in [1.165, 1.54) is 6.07 Å². The number of aliphatic hydroxyl groups is 1. The molecule has 4 heteroatoms. The van der Waals surface area contributed by atoms with Gasteiger partial charge in [-0.15, -0.1) is 0 Å². The van der Waals surface area contributed by atoms with Gasteiger partial charge in [0.05, 0.1) is 23.4 Å². The third-order valence-corrected chi connectivity index (χ3v) is 4.24. The molecule has 1 saturated carbocycles. The van der Waals surface area contributed by atoms with Crippen LogP contribution in [0.1, 0.15) is 18.4 Å². The summed E-state index contributed by atoms with van der Waals surface area (Å²) in [7, 11) is 0. The molecule has 0 spiro atoms. The largest absolute Gasteiger partial charge is 0.393 e. The molecule has 0 aromatic heterocycles. The van der Waals surface area contributed by atoms with Crippen LogP contribution in [0.4, 0.5) is 10.1 Å². The molecular weight excluding hydrogens is 231 g/mol. The number of rotatable bonds is 1. The first-order chi connectivity index (χ1) is 8.69. The fraction of sp³-hybridized carbons (Fsp3) is 0.500. The maximum absolute atomic E-state index is 13.9. The van der Waals surface area contributed by atoms with Crippen LogP contribution in [-0.4, -0.2) is 24.3 Å². The summed E-state index contributed by atoms with van der Waals surface area (Å²) in [4.78, 5) is 1.99. The SMILES string of the molecule is N#Cc1ccc(N2CC3CCC(O)C3C2)c(F)c1. The van der Waals surface area contributed by atoms with Gasteiger partial charge < -0.3 is 10.0 Å². The minimum absolute atomic E-state index is 0.235. The number of nitriles is 1. The maximum Gasteiger partial charge on any atom is 0.147 e. The molecule has 2 fully saturated rings. The molecular formula is C14H15FN2O. The zero-order valence-electron chi connectivity index (χ0n) is 10.0. The number of nitrogens with zero attached hydrogens (tertiary/aromatic N) is 2. The Bertz CT molecular complexity index is 511. The summed E-state index contributed by atoms with van der Waals surface area (Å²) < 4.78 is 13.9. The molecule has 3 unspecified atom stereocenters. The van der Waals surface area contributed by atoms with Gasteiger partial charge in [0.2, 0.25) is 0 Å². The van der Waals surface area contributed by atoms with Gasteiger partial charge in [0.1, 0.15) is 5.82 Å². The number of fused-ring (bicyclic) bond motifs is 1. The highest BCUT2D eigenvalue weighted by molar-refractivity contribution is 5.52. The fourth-order valence-electron chi connectivity index (χ4n) is 3.27. The van der Waals surface area contributed by atoms with E-state index in [9.17, 15) is 9.50 Å². The summed E-state index contributed by atoms with van der Waals surface area (Å²) in [6.07, 6.45) is 1.67. The molecule has 3 atom stereocenters. The summed E-state index contributed by atoms with van der Waals surface area (Å²) in [5, 5.41) is 18.6. The molecule has 1 N–H and O–H groups in total. The average Bonchev–Trinajstić information content (AvgIpc) is 2.92. The van der Waals surface area contributed by atoms with Gasteiger partial charge >= 0.3 is 0 Å². The Kier molecular flexibility index (Phi) is 2.71. The van der Waals surface area contributed by atoms with Crippen LogP contribution in [-0.2, 0) is 0 Å². The predicted molar refractivity (Wildman–Crippen MR) is 65.5 cm³/mol. The van der Waals surface area contributed by atoms with E-state index in [0.717, 1.165) is 19.4 Å². The molecule has 0 bridgehead atoms. The summed E-state index contributed by atoms with van der Waals surface area (Å²) in [6.45, 7) is 1.53. The van der Waals surface area contributed by atoms with Gasteiger partial charge in [-0.3, -0.25) is 0 Å². The van der Waals surface area contributed by atoms with Gasteiger partial charge in [-0.2, -0.15) is 5.26 Å². The van der Waals surface area contributed by atoms with Crippen molar-refractivity contribution >= 4 is 5.69 Å². The molecule has 1 aromatic carbocycles. The third kappa shape index (κ3) is 1.75. The van der Waals surface area contributed by atoms with E-state index in [4.69, 9.17) is 5.26 Å². The van der Waals surface area contributed by atoms with E-state index in [0.29, 0.717) is 23.7 Å². The molecule has 94 valence electrons. The molecule has 1 aromatic rings. The van der Waals surface area contributed by atoms with E-state index in [2.05, 4.69) is 0 Å². The summed E-state index contributed by atoms with van der Waals surface area (Å²) in [5.74, 6) is 0.415. The van der Waals surface area contributed by atoms with Crippen LogP contribution in [0.25, 0.3) is 0 Å². The van der Waals surface area contributed by atoms with Crippen molar-refractivity contribution in [1.29, 1.82) is 5.26 Å². The summed E-state index contributed by atoms with van der Waals surface area (Å²) in [5.41, 5.74) is 0.895. The fourth-order valence-corrected chi connectivity index (χ4v) is 3.27. The first-order valence-corrected chi connectivity index (χ1v) is 6.31. The highest BCUT2D eigenvalue weighted by Crippen LogP contribution is 2.40. The van der Waals surface area contributed by atoms with Crippen molar-refractivity contribution in [2.75, 3.05) is 18.0 Å². The lowest BCUT2D eigenvalue weighted by Crippen LogP contribution is -2.25. The normalized spacial score (nSPS) is 30.3. The zero-order valence-corrected chi connectivity index (χ0v) is 10.0. The molecule has 3 nitrogen and oxygen atoms in total. The molecule has 1 aliphatic carbocycles. The molecule has 0 amide bonds. The van der Waals surface area contributed by atoms with Gasteiger partial charge in [0.25, 0.3) is 0 Å². The maximum atomic E-state index is 13.9. The summed E-state index contributed by atoms with van der Waals surface area (Å²) >= 11 is 0. The lowest BCUT2D eigenvalue weighted by atomic mass is 10.00. The van der Waals surface area contributed by atoms with Crippen molar-refractivity contribution < 1.29 is 9.50 Å². The molecule has 1 heterocycles. The average molecular weight is 246 g/mol. The highest BCUT2D eigenvalue weighted by atomic mass is 19.1. The van der Waals surface area contributed by atoms with E-state index < -0.39 is 0 Å².